The van der Waals surface area contributed by atoms with E-state index in [1.165, 1.54) is 9.88 Å². The lowest BCUT2D eigenvalue weighted by molar-refractivity contribution is -0.159. The summed E-state index contributed by atoms with van der Waals surface area (Å²) in [7, 11) is -1.88. The summed E-state index contributed by atoms with van der Waals surface area (Å²) in [5, 5.41) is 4.32. The molecule has 6 rings (SSSR count). The van der Waals surface area contributed by atoms with Crippen LogP contribution in [0.1, 0.15) is 41.9 Å². The van der Waals surface area contributed by atoms with E-state index >= 15 is 0 Å². The summed E-state index contributed by atoms with van der Waals surface area (Å²) in [6, 6.07) is 10.6. The number of rotatable bonds is 4. The van der Waals surface area contributed by atoms with Gasteiger partial charge in [-0.2, -0.15) is 5.10 Å². The Hall–Kier alpha value is -3.01. The highest BCUT2D eigenvalue weighted by Crippen LogP contribution is 2.44. The van der Waals surface area contributed by atoms with Crippen LogP contribution in [-0.2, 0) is 26.5 Å². The molecule has 3 aliphatic rings. The summed E-state index contributed by atoms with van der Waals surface area (Å²) in [6.45, 7) is 1.57. The molecule has 1 saturated heterocycles. The van der Waals surface area contributed by atoms with Crippen molar-refractivity contribution in [2.45, 2.75) is 35.9 Å². The molecule has 3 aromatic rings. The van der Waals surface area contributed by atoms with Gasteiger partial charge in [0.05, 0.1) is 24.3 Å². The van der Waals surface area contributed by atoms with Crippen molar-refractivity contribution < 1.29 is 17.9 Å². The second-order valence-electron chi connectivity index (χ2n) is 9.03. The summed E-state index contributed by atoms with van der Waals surface area (Å²) in [5.74, 6) is -0.143. The van der Waals surface area contributed by atoms with Crippen LogP contribution in [0.15, 0.2) is 66.0 Å². The van der Waals surface area contributed by atoms with E-state index in [9.17, 15) is 8.42 Å². The van der Waals surface area contributed by atoms with E-state index in [2.05, 4.69) is 17.2 Å². The maximum Gasteiger partial charge on any atom is 0.265 e. The van der Waals surface area contributed by atoms with Gasteiger partial charge < -0.3 is 9.47 Å². The average molecular weight is 479 g/mol. The Morgan fingerprint density at radius 2 is 1.91 bits per heavy atom. The van der Waals surface area contributed by atoms with Crippen molar-refractivity contribution in [3.05, 3.63) is 77.8 Å². The van der Waals surface area contributed by atoms with Crippen molar-refractivity contribution in [3.63, 3.8) is 0 Å². The summed E-state index contributed by atoms with van der Waals surface area (Å²) in [4.78, 5) is 4.96. The van der Waals surface area contributed by atoms with Crippen molar-refractivity contribution >= 4 is 21.4 Å². The maximum atomic E-state index is 13.5. The molecule has 0 saturated carbocycles. The molecular weight excluding hydrogens is 452 g/mol. The maximum absolute atomic E-state index is 13.5. The summed E-state index contributed by atoms with van der Waals surface area (Å²) >= 11 is 0. The van der Waals surface area contributed by atoms with Crippen LogP contribution < -0.4 is 4.31 Å². The van der Waals surface area contributed by atoms with E-state index in [1.807, 2.05) is 19.3 Å². The van der Waals surface area contributed by atoms with Crippen molar-refractivity contribution in [2.75, 3.05) is 24.1 Å². The Morgan fingerprint density at radius 1 is 1.12 bits per heavy atom. The molecule has 1 unspecified atom stereocenters. The number of nitrogens with zero attached hydrogens (tertiary/aromatic N) is 4. The molecule has 1 aliphatic carbocycles. The van der Waals surface area contributed by atoms with E-state index in [4.69, 9.17) is 14.5 Å². The van der Waals surface area contributed by atoms with Crippen LogP contribution in [-0.4, -0.2) is 48.7 Å². The lowest BCUT2D eigenvalue weighted by Gasteiger charge is -2.30. The fourth-order valence-corrected chi connectivity index (χ4v) is 6.61. The Labute approximate surface area is 198 Å². The molecule has 0 radical (unpaired) electrons. The van der Waals surface area contributed by atoms with Crippen LogP contribution in [0.3, 0.4) is 0 Å². The number of benzene rings is 1. The fraction of sp³-hybridized carbons (Fsp3) is 0.360. The van der Waals surface area contributed by atoms with E-state index in [-0.39, 0.29) is 10.8 Å². The van der Waals surface area contributed by atoms with Crippen molar-refractivity contribution in [1.82, 2.24) is 14.8 Å². The molecule has 2 aromatic heterocycles. The predicted octanol–water partition coefficient (Wildman–Crippen LogP) is 3.47. The number of anilines is 1. The lowest BCUT2D eigenvalue weighted by atomic mass is 9.88. The Balaban J connectivity index is 1.40. The number of aryl methyl sites for hydroxylation is 1. The molecule has 2 aliphatic heterocycles. The number of allylic oxidation sites excluding steroid dienone is 1. The van der Waals surface area contributed by atoms with Gasteiger partial charge in [0.15, 0.2) is 5.79 Å². The molecule has 34 heavy (non-hydrogen) atoms. The number of hydrogen-bond donors (Lipinski definition) is 0. The largest absolute Gasteiger partial charge is 0.347 e. The first-order valence-electron chi connectivity index (χ1n) is 11.5. The van der Waals surface area contributed by atoms with Crippen LogP contribution >= 0.6 is 0 Å². The molecule has 0 amide bonds. The SMILES string of the molecule is Cn1cc(C2CN(S(=O)(=O)c3ccccc3)c3ncc(C4=CCC5(CC4)OCCO5)cc32)cn1. The van der Waals surface area contributed by atoms with Gasteiger partial charge in [0.2, 0.25) is 0 Å². The van der Waals surface area contributed by atoms with Gasteiger partial charge in [-0.15, -0.1) is 0 Å². The van der Waals surface area contributed by atoms with Gasteiger partial charge in [0, 0.05) is 50.3 Å². The zero-order valence-electron chi connectivity index (χ0n) is 18.9. The normalized spacial score (nSPS) is 21.6. The molecule has 8 nitrogen and oxygen atoms in total. The number of aromatic nitrogens is 3. The molecule has 9 heteroatoms. The van der Waals surface area contributed by atoms with Gasteiger partial charge in [-0.05, 0) is 41.3 Å². The first-order chi connectivity index (χ1) is 16.5. The molecule has 1 fully saturated rings. The third-order valence-corrected chi connectivity index (χ3v) is 8.70. The molecular formula is C25H26N4O4S. The highest BCUT2D eigenvalue weighted by Gasteiger charge is 2.40. The summed E-state index contributed by atoms with van der Waals surface area (Å²) < 4.78 is 41.9. The molecule has 1 spiro atoms. The van der Waals surface area contributed by atoms with E-state index in [1.54, 1.807) is 41.3 Å². The number of fused-ring (bicyclic) bond motifs is 1. The number of pyridine rings is 1. The topological polar surface area (TPSA) is 86.6 Å². The van der Waals surface area contributed by atoms with Crippen LogP contribution in [0, 0.1) is 0 Å². The number of sulfonamides is 1. The molecule has 1 atom stereocenters. The smallest absolute Gasteiger partial charge is 0.265 e. The molecule has 176 valence electrons. The van der Waals surface area contributed by atoms with Gasteiger partial charge in [-0.25, -0.2) is 17.7 Å². The minimum absolute atomic E-state index is 0.147. The zero-order chi connectivity index (χ0) is 23.3. The third kappa shape index (κ3) is 3.55. The predicted molar refractivity (Wildman–Crippen MR) is 127 cm³/mol. The van der Waals surface area contributed by atoms with Crippen LogP contribution in [0.2, 0.25) is 0 Å². The molecule has 4 heterocycles. The standard InChI is InChI=1S/C25H26N4O4S/c1-28-16-20(15-27-28)23-17-29(34(30,31)21-5-3-2-4-6-21)24-22(23)13-19(14-26-24)18-7-9-25(10-8-18)32-11-12-33-25/h2-7,13-16,23H,8-12,17H2,1H3. The Kier molecular flexibility index (Phi) is 5.09. The van der Waals surface area contributed by atoms with Crippen molar-refractivity contribution in [2.24, 2.45) is 7.05 Å². The first kappa shape index (κ1) is 21.5. The summed E-state index contributed by atoms with van der Waals surface area (Å²) in [5.41, 5.74) is 4.08. The van der Waals surface area contributed by atoms with Crippen LogP contribution in [0.5, 0.6) is 0 Å². The fourth-order valence-electron chi connectivity index (χ4n) is 5.13. The first-order valence-corrected chi connectivity index (χ1v) is 12.9. The number of hydrogen-bond acceptors (Lipinski definition) is 6. The minimum Gasteiger partial charge on any atom is -0.347 e. The van der Waals surface area contributed by atoms with E-state index < -0.39 is 15.8 Å². The zero-order valence-corrected chi connectivity index (χ0v) is 19.7. The van der Waals surface area contributed by atoms with E-state index in [0.29, 0.717) is 32.0 Å². The van der Waals surface area contributed by atoms with Gasteiger partial charge in [-0.3, -0.25) is 4.68 Å². The van der Waals surface area contributed by atoms with Crippen LogP contribution in [0.25, 0.3) is 5.57 Å². The summed E-state index contributed by atoms with van der Waals surface area (Å²) in [6.07, 6.45) is 10.0. The Morgan fingerprint density at radius 3 is 2.59 bits per heavy atom. The quantitative estimate of drug-likeness (QED) is 0.571. The van der Waals surface area contributed by atoms with Gasteiger partial charge >= 0.3 is 0 Å². The lowest BCUT2D eigenvalue weighted by Crippen LogP contribution is -2.31. The molecule has 1 aromatic carbocycles. The van der Waals surface area contributed by atoms with Gasteiger partial charge in [0.25, 0.3) is 10.0 Å². The highest BCUT2D eigenvalue weighted by molar-refractivity contribution is 7.92. The van der Waals surface area contributed by atoms with Gasteiger partial charge in [0.1, 0.15) is 5.82 Å². The highest BCUT2D eigenvalue weighted by atomic mass is 32.2. The molecule has 0 N–H and O–H groups in total. The second-order valence-corrected chi connectivity index (χ2v) is 10.9. The number of ether oxygens (including phenoxy) is 2. The third-order valence-electron chi connectivity index (χ3n) is 6.93. The molecule has 0 bridgehead atoms. The Bertz CT molecular complexity index is 1360. The van der Waals surface area contributed by atoms with Crippen molar-refractivity contribution in [1.29, 1.82) is 0 Å². The average Bonchev–Trinajstić information content (AvgIpc) is 3.59. The van der Waals surface area contributed by atoms with E-state index in [0.717, 1.165) is 29.5 Å². The second kappa shape index (κ2) is 8.04. The van der Waals surface area contributed by atoms with Gasteiger partial charge in [-0.1, -0.05) is 24.3 Å². The monoisotopic (exact) mass is 478 g/mol. The van der Waals surface area contributed by atoms with Crippen molar-refractivity contribution in [3.8, 4) is 0 Å². The minimum atomic E-state index is -3.74. The van der Waals surface area contributed by atoms with Crippen LogP contribution in [0.4, 0.5) is 5.82 Å².